The summed E-state index contributed by atoms with van der Waals surface area (Å²) in [5.74, 6) is -0.358. The van der Waals surface area contributed by atoms with Crippen LogP contribution in [0.25, 0.3) is 0 Å². The highest BCUT2D eigenvalue weighted by Crippen LogP contribution is 2.36. The Morgan fingerprint density at radius 1 is 1.26 bits per heavy atom. The topological polar surface area (TPSA) is 107 Å². The minimum atomic E-state index is -0.839. The Bertz CT molecular complexity index is 839. The van der Waals surface area contributed by atoms with Crippen molar-refractivity contribution >= 4 is 11.9 Å². The van der Waals surface area contributed by atoms with Crippen LogP contribution in [0.2, 0.25) is 0 Å². The zero-order chi connectivity index (χ0) is 24.5. The first kappa shape index (κ1) is 26.0. The van der Waals surface area contributed by atoms with Crippen molar-refractivity contribution in [1.29, 1.82) is 0 Å². The van der Waals surface area contributed by atoms with Gasteiger partial charge in [-0.15, -0.1) is 6.58 Å². The molecule has 0 unspecified atom stereocenters. The van der Waals surface area contributed by atoms with Crippen LogP contribution >= 0.6 is 0 Å². The molecule has 0 radical (unpaired) electrons. The summed E-state index contributed by atoms with van der Waals surface area (Å²) < 4.78 is 17.0. The van der Waals surface area contributed by atoms with Crippen LogP contribution in [-0.4, -0.2) is 53.9 Å². The molecule has 4 atom stereocenters. The van der Waals surface area contributed by atoms with Gasteiger partial charge in [0.05, 0.1) is 19.8 Å². The molecule has 0 aromatic carbocycles. The van der Waals surface area contributed by atoms with Gasteiger partial charge < -0.3 is 24.6 Å². The number of nitrogens with zero attached hydrogens (tertiary/aromatic N) is 1. The van der Waals surface area contributed by atoms with E-state index in [4.69, 9.17) is 14.2 Å². The molecule has 2 fully saturated rings. The molecule has 3 rings (SSSR count). The fourth-order valence-corrected chi connectivity index (χ4v) is 5.25. The summed E-state index contributed by atoms with van der Waals surface area (Å²) in [6.45, 7) is 6.03. The van der Waals surface area contributed by atoms with Crippen LogP contribution in [0, 0.1) is 11.8 Å². The third-order valence-corrected chi connectivity index (χ3v) is 6.98. The molecule has 1 amide bonds. The van der Waals surface area contributed by atoms with Crippen molar-refractivity contribution < 1.29 is 28.9 Å². The van der Waals surface area contributed by atoms with Gasteiger partial charge in [-0.2, -0.15) is 0 Å². The Kier molecular flexibility index (Phi) is 9.74. The Morgan fingerprint density at radius 2 is 1.97 bits per heavy atom. The molecule has 1 saturated carbocycles. The van der Waals surface area contributed by atoms with Gasteiger partial charge in [-0.1, -0.05) is 44.6 Å². The highest BCUT2D eigenvalue weighted by molar-refractivity contribution is 5.97. The van der Waals surface area contributed by atoms with Crippen LogP contribution in [0.1, 0.15) is 75.2 Å². The van der Waals surface area contributed by atoms with Gasteiger partial charge in [0.1, 0.15) is 12.1 Å². The van der Waals surface area contributed by atoms with E-state index in [9.17, 15) is 14.7 Å². The van der Waals surface area contributed by atoms with Gasteiger partial charge in [0.2, 0.25) is 0 Å². The molecule has 1 aromatic heterocycles. The van der Waals surface area contributed by atoms with E-state index in [1.54, 1.807) is 6.08 Å². The number of rotatable bonds is 8. The lowest BCUT2D eigenvalue weighted by Crippen LogP contribution is -2.46. The molecule has 2 heterocycles. The van der Waals surface area contributed by atoms with E-state index < -0.39 is 24.0 Å². The maximum absolute atomic E-state index is 13.1. The molecule has 1 saturated heterocycles. The SMILES string of the molecule is C=CCO[C@@H]1[C@@H](CC2CCCC2)CCCC[C@H](NC(=O)c2nccc(OC)c2O)C(=O)O[C@H]1C. The molecule has 188 valence electrons. The Morgan fingerprint density at radius 3 is 2.68 bits per heavy atom. The standard InChI is InChI=1S/C26H38N2O6/c1-4-15-33-24-17(2)34-26(31)20(12-8-7-11-19(24)16-18-9-5-6-10-18)28-25(30)22-23(29)21(32-3)13-14-27-22/h4,13-14,17-20,24,29H,1,5-12,15-16H2,2-3H3,(H,28,30)/t17-,19+,20-,24-/m0/s1. The van der Waals surface area contributed by atoms with Crippen molar-refractivity contribution in [3.8, 4) is 11.5 Å². The van der Waals surface area contributed by atoms with E-state index >= 15 is 0 Å². The summed E-state index contributed by atoms with van der Waals surface area (Å²) in [6, 6.07) is 0.616. The average molecular weight is 475 g/mol. The first-order chi connectivity index (χ1) is 16.4. The lowest BCUT2D eigenvalue weighted by atomic mass is 9.83. The van der Waals surface area contributed by atoms with Gasteiger partial charge in [0.15, 0.2) is 17.2 Å². The van der Waals surface area contributed by atoms with Crippen molar-refractivity contribution in [2.45, 2.75) is 83.0 Å². The highest BCUT2D eigenvalue weighted by Gasteiger charge is 2.35. The zero-order valence-corrected chi connectivity index (χ0v) is 20.3. The van der Waals surface area contributed by atoms with Crippen molar-refractivity contribution in [1.82, 2.24) is 10.3 Å². The maximum atomic E-state index is 13.1. The van der Waals surface area contributed by atoms with Crippen LogP contribution in [-0.2, 0) is 14.3 Å². The highest BCUT2D eigenvalue weighted by atomic mass is 16.6. The number of aromatic hydroxyl groups is 1. The van der Waals surface area contributed by atoms with E-state index in [0.717, 1.165) is 25.7 Å². The minimum Gasteiger partial charge on any atom is -0.503 e. The molecule has 2 aliphatic rings. The normalized spacial score (nSPS) is 26.5. The first-order valence-corrected chi connectivity index (χ1v) is 12.4. The molecular weight excluding hydrogens is 436 g/mol. The number of aromatic nitrogens is 1. The second-order valence-corrected chi connectivity index (χ2v) is 9.40. The predicted octanol–water partition coefficient (Wildman–Crippen LogP) is 4.17. The van der Waals surface area contributed by atoms with Crippen LogP contribution in [0.15, 0.2) is 24.9 Å². The van der Waals surface area contributed by atoms with E-state index in [0.29, 0.717) is 24.9 Å². The van der Waals surface area contributed by atoms with Gasteiger partial charge in [0.25, 0.3) is 5.91 Å². The van der Waals surface area contributed by atoms with E-state index in [1.165, 1.54) is 45.1 Å². The minimum absolute atomic E-state index is 0.137. The van der Waals surface area contributed by atoms with Crippen molar-refractivity contribution in [3.63, 3.8) is 0 Å². The fourth-order valence-electron chi connectivity index (χ4n) is 5.25. The summed E-state index contributed by atoms with van der Waals surface area (Å²) in [7, 11) is 1.39. The lowest BCUT2D eigenvalue weighted by molar-refractivity contribution is -0.162. The smallest absolute Gasteiger partial charge is 0.329 e. The van der Waals surface area contributed by atoms with Gasteiger partial charge in [0, 0.05) is 12.3 Å². The summed E-state index contributed by atoms with van der Waals surface area (Å²) in [5, 5.41) is 12.9. The molecule has 0 bridgehead atoms. The first-order valence-electron chi connectivity index (χ1n) is 12.4. The van der Waals surface area contributed by atoms with Crippen LogP contribution in [0.4, 0.5) is 0 Å². The van der Waals surface area contributed by atoms with E-state index in [-0.39, 0.29) is 23.3 Å². The largest absolute Gasteiger partial charge is 0.503 e. The summed E-state index contributed by atoms with van der Waals surface area (Å²) in [6.07, 6.45) is 11.7. The number of nitrogens with one attached hydrogen (secondary N) is 1. The number of methoxy groups -OCH3 is 1. The third-order valence-electron chi connectivity index (χ3n) is 6.98. The number of carbonyl (C=O) groups is 2. The fraction of sp³-hybridized carbons (Fsp3) is 0.654. The Hall–Kier alpha value is -2.61. The number of cyclic esters (lactones) is 1. The molecule has 2 N–H and O–H groups in total. The molecular formula is C26H38N2O6. The number of carbonyl (C=O) groups excluding carboxylic acids is 2. The number of esters is 1. The lowest BCUT2D eigenvalue weighted by Gasteiger charge is -2.34. The number of pyridine rings is 1. The molecule has 1 aromatic rings. The Balaban J connectivity index is 1.72. The quantitative estimate of drug-likeness (QED) is 0.430. The zero-order valence-electron chi connectivity index (χ0n) is 20.3. The Labute approximate surface area is 202 Å². The molecule has 0 spiro atoms. The summed E-state index contributed by atoms with van der Waals surface area (Å²) in [5.41, 5.74) is -0.193. The summed E-state index contributed by atoms with van der Waals surface area (Å²) in [4.78, 5) is 29.8. The number of ether oxygens (including phenoxy) is 3. The maximum Gasteiger partial charge on any atom is 0.329 e. The van der Waals surface area contributed by atoms with Crippen LogP contribution in [0.3, 0.4) is 0 Å². The number of amides is 1. The average Bonchev–Trinajstić information content (AvgIpc) is 3.33. The van der Waals surface area contributed by atoms with Crippen molar-refractivity contribution in [3.05, 3.63) is 30.6 Å². The van der Waals surface area contributed by atoms with Crippen molar-refractivity contribution in [2.75, 3.05) is 13.7 Å². The molecule has 34 heavy (non-hydrogen) atoms. The predicted molar refractivity (Wildman–Crippen MR) is 128 cm³/mol. The van der Waals surface area contributed by atoms with E-state index in [2.05, 4.69) is 16.9 Å². The number of hydrogen-bond donors (Lipinski definition) is 2. The number of hydrogen-bond acceptors (Lipinski definition) is 7. The van der Waals surface area contributed by atoms with Gasteiger partial charge in [-0.05, 0) is 38.0 Å². The molecule has 1 aliphatic heterocycles. The van der Waals surface area contributed by atoms with Gasteiger partial charge in [-0.25, -0.2) is 9.78 Å². The third kappa shape index (κ3) is 6.72. The molecule has 8 heteroatoms. The van der Waals surface area contributed by atoms with Gasteiger partial charge in [-0.3, -0.25) is 4.79 Å². The molecule has 8 nitrogen and oxygen atoms in total. The summed E-state index contributed by atoms with van der Waals surface area (Å²) >= 11 is 0. The van der Waals surface area contributed by atoms with E-state index in [1.807, 2.05) is 6.92 Å². The second kappa shape index (κ2) is 12.7. The van der Waals surface area contributed by atoms with Crippen molar-refractivity contribution in [2.24, 2.45) is 11.8 Å². The monoisotopic (exact) mass is 474 g/mol. The van der Waals surface area contributed by atoms with Gasteiger partial charge >= 0.3 is 5.97 Å². The van der Waals surface area contributed by atoms with Crippen LogP contribution in [0.5, 0.6) is 11.5 Å². The molecule has 1 aliphatic carbocycles. The van der Waals surface area contributed by atoms with Crippen LogP contribution < -0.4 is 10.1 Å². The second-order valence-electron chi connectivity index (χ2n) is 9.40.